The van der Waals surface area contributed by atoms with Crippen molar-refractivity contribution >= 4 is 29.6 Å². The number of carbonyl (C=O) groups is 3. The number of anilines is 1. The van der Waals surface area contributed by atoms with Gasteiger partial charge in [-0.15, -0.1) is 0 Å². The van der Waals surface area contributed by atoms with Crippen molar-refractivity contribution < 1.29 is 23.9 Å². The van der Waals surface area contributed by atoms with Gasteiger partial charge in [-0.1, -0.05) is 42.5 Å². The van der Waals surface area contributed by atoms with Crippen molar-refractivity contribution in [3.63, 3.8) is 0 Å². The Morgan fingerprint density at radius 3 is 2.39 bits per heavy atom. The molecule has 9 heteroatoms. The number of aryl methyl sites for hydroxylation is 1. The highest BCUT2D eigenvalue weighted by Gasteiger charge is 2.35. The number of carbonyl (C=O) groups excluding carboxylic acids is 3. The number of benzene rings is 3. The maximum absolute atomic E-state index is 13.1. The highest BCUT2D eigenvalue weighted by atomic mass is 16.5. The summed E-state index contributed by atoms with van der Waals surface area (Å²) in [5, 5.41) is 5.28. The van der Waals surface area contributed by atoms with Gasteiger partial charge < -0.3 is 24.7 Å². The van der Waals surface area contributed by atoms with Crippen LogP contribution in [-0.2, 0) is 16.2 Å². The fraction of sp³-hybridized carbons (Fsp3) is 0.156. The molecule has 0 unspecified atom stereocenters. The summed E-state index contributed by atoms with van der Waals surface area (Å²) in [6.07, 6.45) is 1.63. The number of rotatable bonds is 9. The molecular formula is C32H30N4O5. The van der Waals surface area contributed by atoms with Crippen molar-refractivity contribution in [2.75, 3.05) is 19.0 Å². The number of amides is 4. The summed E-state index contributed by atoms with van der Waals surface area (Å²) in [5.74, 6) is 0.142. The molecule has 0 saturated carbocycles. The molecule has 4 aromatic rings. The molecular weight excluding hydrogens is 520 g/mol. The van der Waals surface area contributed by atoms with Gasteiger partial charge >= 0.3 is 6.03 Å². The number of nitrogens with one attached hydrogen (secondary N) is 2. The molecule has 1 fully saturated rings. The van der Waals surface area contributed by atoms with Crippen molar-refractivity contribution in [1.82, 2.24) is 14.8 Å². The summed E-state index contributed by atoms with van der Waals surface area (Å²) >= 11 is 0. The number of hydrogen-bond donors (Lipinski definition) is 2. The largest absolute Gasteiger partial charge is 0.495 e. The summed E-state index contributed by atoms with van der Waals surface area (Å²) in [6.45, 7) is 3.97. The molecule has 0 spiro atoms. The first kappa shape index (κ1) is 27.3. The molecule has 9 nitrogen and oxygen atoms in total. The number of urea groups is 1. The highest BCUT2D eigenvalue weighted by molar-refractivity contribution is 6.16. The van der Waals surface area contributed by atoms with Crippen molar-refractivity contribution in [3.8, 4) is 17.2 Å². The standard InChI is InChI=1S/C32H30N4O5/c1-21-17-24(22(2)36(21)25-13-15-26(16-14-25)41-20-23-9-5-4-6-10-23)18-28-31(38)35(32(39)34-28)19-30(37)33-27-11-7-8-12-29(27)40-3/h4-18H,19-20H2,1-3H3,(H,33,37)(H,34,39)/b28-18+. The van der Waals surface area contributed by atoms with Crippen LogP contribution in [0.1, 0.15) is 22.5 Å². The van der Waals surface area contributed by atoms with Crippen LogP contribution in [0.2, 0.25) is 0 Å². The zero-order valence-corrected chi connectivity index (χ0v) is 23.0. The molecule has 3 aromatic carbocycles. The van der Waals surface area contributed by atoms with E-state index in [1.807, 2.05) is 74.5 Å². The van der Waals surface area contributed by atoms with Crippen molar-refractivity contribution in [1.29, 1.82) is 0 Å². The van der Waals surface area contributed by atoms with Gasteiger partial charge in [-0.2, -0.15) is 0 Å². The van der Waals surface area contributed by atoms with Gasteiger partial charge in [-0.05, 0) is 73.5 Å². The Morgan fingerprint density at radius 1 is 0.951 bits per heavy atom. The van der Waals surface area contributed by atoms with Gasteiger partial charge in [-0.3, -0.25) is 9.59 Å². The van der Waals surface area contributed by atoms with Gasteiger partial charge in [0.05, 0.1) is 12.8 Å². The summed E-state index contributed by atoms with van der Waals surface area (Å²) in [6, 6.07) is 25.9. The SMILES string of the molecule is COc1ccccc1NC(=O)CN1C(=O)N/C(=C/c2cc(C)n(-c3ccc(OCc4ccccc4)cc3)c2C)C1=O. The molecule has 0 radical (unpaired) electrons. The number of hydrogen-bond acceptors (Lipinski definition) is 5. The monoisotopic (exact) mass is 550 g/mol. The molecule has 2 N–H and O–H groups in total. The van der Waals surface area contributed by atoms with Crippen molar-refractivity contribution in [3.05, 3.63) is 113 Å². The van der Waals surface area contributed by atoms with Gasteiger partial charge in [0, 0.05) is 17.1 Å². The van der Waals surface area contributed by atoms with E-state index in [-0.39, 0.29) is 5.70 Å². The van der Waals surface area contributed by atoms with Crippen LogP contribution >= 0.6 is 0 Å². The zero-order valence-electron chi connectivity index (χ0n) is 23.0. The van der Waals surface area contributed by atoms with Crippen LogP contribution in [0.25, 0.3) is 11.8 Å². The normalized spacial score (nSPS) is 13.8. The molecule has 0 bridgehead atoms. The average Bonchev–Trinajstić information content (AvgIpc) is 3.41. The molecule has 41 heavy (non-hydrogen) atoms. The van der Waals surface area contributed by atoms with E-state index in [2.05, 4.69) is 15.2 Å². The van der Waals surface area contributed by atoms with E-state index in [9.17, 15) is 14.4 Å². The van der Waals surface area contributed by atoms with E-state index < -0.39 is 24.4 Å². The fourth-order valence-electron chi connectivity index (χ4n) is 4.72. The van der Waals surface area contributed by atoms with Crippen LogP contribution in [-0.4, -0.2) is 41.0 Å². The molecule has 1 saturated heterocycles. The average molecular weight is 551 g/mol. The number of ether oxygens (including phenoxy) is 2. The van der Waals surface area contributed by atoms with E-state index in [0.717, 1.165) is 38.9 Å². The number of para-hydroxylation sites is 2. The minimum absolute atomic E-state index is 0.102. The van der Waals surface area contributed by atoms with Crippen molar-refractivity contribution in [2.45, 2.75) is 20.5 Å². The lowest BCUT2D eigenvalue weighted by Gasteiger charge is -2.13. The first-order chi connectivity index (χ1) is 19.8. The Morgan fingerprint density at radius 2 is 1.66 bits per heavy atom. The Bertz CT molecular complexity index is 1620. The maximum atomic E-state index is 13.1. The van der Waals surface area contributed by atoms with Gasteiger partial charge in [0.25, 0.3) is 5.91 Å². The Hall–Kier alpha value is -5.31. The first-order valence-electron chi connectivity index (χ1n) is 13.1. The van der Waals surface area contributed by atoms with Crippen LogP contribution in [0.5, 0.6) is 11.5 Å². The third-order valence-electron chi connectivity index (χ3n) is 6.76. The molecule has 5 rings (SSSR count). The van der Waals surface area contributed by atoms with Crippen molar-refractivity contribution in [2.24, 2.45) is 0 Å². The van der Waals surface area contributed by atoms with E-state index in [1.165, 1.54) is 7.11 Å². The second-order valence-electron chi connectivity index (χ2n) is 9.56. The lowest BCUT2D eigenvalue weighted by Crippen LogP contribution is -2.38. The quantitative estimate of drug-likeness (QED) is 0.220. The minimum Gasteiger partial charge on any atom is -0.495 e. The van der Waals surface area contributed by atoms with E-state index in [1.54, 1.807) is 30.3 Å². The number of imide groups is 1. The lowest BCUT2D eigenvalue weighted by molar-refractivity contribution is -0.127. The fourth-order valence-corrected chi connectivity index (χ4v) is 4.72. The highest BCUT2D eigenvalue weighted by Crippen LogP contribution is 2.26. The minimum atomic E-state index is -0.656. The molecule has 0 aliphatic carbocycles. The number of methoxy groups -OCH3 is 1. The topological polar surface area (TPSA) is 102 Å². The second-order valence-corrected chi connectivity index (χ2v) is 9.56. The van der Waals surface area contributed by atoms with Gasteiger partial charge in [0.1, 0.15) is 30.3 Å². The third kappa shape index (κ3) is 5.99. The van der Waals surface area contributed by atoms with E-state index in [4.69, 9.17) is 9.47 Å². The molecule has 0 atom stereocenters. The molecule has 1 aliphatic heterocycles. The lowest BCUT2D eigenvalue weighted by atomic mass is 10.2. The smallest absolute Gasteiger partial charge is 0.329 e. The summed E-state index contributed by atoms with van der Waals surface area (Å²) in [7, 11) is 1.49. The summed E-state index contributed by atoms with van der Waals surface area (Å²) in [5.41, 5.74) is 5.20. The van der Waals surface area contributed by atoms with Crippen LogP contribution in [0.15, 0.2) is 90.6 Å². The first-order valence-corrected chi connectivity index (χ1v) is 13.1. The van der Waals surface area contributed by atoms with Crippen LogP contribution < -0.4 is 20.1 Å². The predicted molar refractivity (Wildman–Crippen MR) is 156 cm³/mol. The van der Waals surface area contributed by atoms with Gasteiger partial charge in [0.15, 0.2) is 0 Å². The Kier molecular flexibility index (Phi) is 7.87. The summed E-state index contributed by atoms with van der Waals surface area (Å²) in [4.78, 5) is 39.1. The molecule has 2 heterocycles. The predicted octanol–water partition coefficient (Wildman–Crippen LogP) is 5.21. The van der Waals surface area contributed by atoms with Crippen LogP contribution in [0.3, 0.4) is 0 Å². The van der Waals surface area contributed by atoms with Gasteiger partial charge in [-0.25, -0.2) is 9.69 Å². The maximum Gasteiger partial charge on any atom is 0.329 e. The number of nitrogens with zero attached hydrogens (tertiary/aromatic N) is 2. The number of aromatic nitrogens is 1. The van der Waals surface area contributed by atoms with Crippen LogP contribution in [0.4, 0.5) is 10.5 Å². The molecule has 1 aliphatic rings. The van der Waals surface area contributed by atoms with E-state index >= 15 is 0 Å². The van der Waals surface area contributed by atoms with Gasteiger partial charge in [0.2, 0.25) is 5.91 Å². The molecule has 1 aromatic heterocycles. The third-order valence-corrected chi connectivity index (χ3v) is 6.76. The Labute approximate surface area is 238 Å². The van der Waals surface area contributed by atoms with Crippen LogP contribution in [0, 0.1) is 13.8 Å². The summed E-state index contributed by atoms with van der Waals surface area (Å²) < 4.78 is 13.2. The Balaban J connectivity index is 1.28. The molecule has 4 amide bonds. The zero-order chi connectivity index (χ0) is 28.9. The molecule has 208 valence electrons. The second kappa shape index (κ2) is 11.8. The van der Waals surface area contributed by atoms with E-state index in [0.29, 0.717) is 18.0 Å².